The average Bonchev–Trinajstić information content (AvgIpc) is 2.87. The molecule has 1 heterocycles. The number of fused-ring (bicyclic) bond motifs is 1. The molecule has 2 aromatic rings. The summed E-state index contributed by atoms with van der Waals surface area (Å²) in [5.41, 5.74) is 2.97. The van der Waals surface area contributed by atoms with Gasteiger partial charge < -0.3 is 0 Å². The Morgan fingerprint density at radius 2 is 2.11 bits per heavy atom. The quantitative estimate of drug-likeness (QED) is 0.780. The first-order valence-corrected chi connectivity index (χ1v) is 7.30. The summed E-state index contributed by atoms with van der Waals surface area (Å²) in [4.78, 5) is 11.2. The summed E-state index contributed by atoms with van der Waals surface area (Å²) in [7, 11) is 0. The molecule has 1 aromatic heterocycles. The number of benzene rings is 1. The number of carbonyl (C=O) groups is 1. The number of carbonyl (C=O) groups excluding carboxylic acids is 1. The van der Waals surface area contributed by atoms with E-state index in [1.165, 1.54) is 32.1 Å². The molecule has 19 heavy (non-hydrogen) atoms. The van der Waals surface area contributed by atoms with Crippen molar-refractivity contribution in [3.05, 3.63) is 29.5 Å². The first kappa shape index (κ1) is 12.4. The molecule has 3 rings (SSSR count). The van der Waals surface area contributed by atoms with Crippen molar-refractivity contribution in [2.24, 2.45) is 0 Å². The van der Waals surface area contributed by atoms with Crippen LogP contribution >= 0.6 is 0 Å². The van der Waals surface area contributed by atoms with Gasteiger partial charge in [0.05, 0.1) is 17.3 Å². The van der Waals surface area contributed by atoms with E-state index in [0.717, 1.165) is 34.9 Å². The maximum Gasteiger partial charge on any atom is 0.150 e. The van der Waals surface area contributed by atoms with Gasteiger partial charge in [-0.25, -0.2) is 0 Å². The Bertz CT molecular complexity index is 594. The van der Waals surface area contributed by atoms with Crippen molar-refractivity contribution in [1.82, 2.24) is 9.78 Å². The zero-order valence-electron chi connectivity index (χ0n) is 11.4. The SMILES string of the molecule is CCc1nn(C2CCCCC2)c2cccc(C=O)c12. The zero-order valence-corrected chi connectivity index (χ0v) is 11.4. The van der Waals surface area contributed by atoms with Crippen LogP contribution in [0.2, 0.25) is 0 Å². The molecule has 0 aliphatic heterocycles. The molecule has 100 valence electrons. The van der Waals surface area contributed by atoms with Crippen molar-refractivity contribution in [2.45, 2.75) is 51.5 Å². The molecule has 1 aliphatic rings. The lowest BCUT2D eigenvalue weighted by Gasteiger charge is -2.22. The highest BCUT2D eigenvalue weighted by Gasteiger charge is 2.20. The zero-order chi connectivity index (χ0) is 13.2. The topological polar surface area (TPSA) is 34.9 Å². The van der Waals surface area contributed by atoms with Gasteiger partial charge in [-0.05, 0) is 25.3 Å². The number of hydrogen-bond acceptors (Lipinski definition) is 2. The molecular weight excluding hydrogens is 236 g/mol. The number of aromatic nitrogens is 2. The van der Waals surface area contributed by atoms with E-state index in [4.69, 9.17) is 5.10 Å². The molecule has 1 saturated carbocycles. The van der Waals surface area contributed by atoms with Gasteiger partial charge in [-0.15, -0.1) is 0 Å². The van der Waals surface area contributed by atoms with Crippen LogP contribution in [0.5, 0.6) is 0 Å². The summed E-state index contributed by atoms with van der Waals surface area (Å²) in [5.74, 6) is 0. The van der Waals surface area contributed by atoms with Gasteiger partial charge in [-0.1, -0.05) is 38.3 Å². The van der Waals surface area contributed by atoms with Crippen molar-refractivity contribution in [1.29, 1.82) is 0 Å². The van der Waals surface area contributed by atoms with E-state index in [9.17, 15) is 4.79 Å². The molecule has 3 nitrogen and oxygen atoms in total. The molecule has 0 saturated heterocycles. The highest BCUT2D eigenvalue weighted by Crippen LogP contribution is 2.32. The molecule has 0 amide bonds. The van der Waals surface area contributed by atoms with E-state index in [1.54, 1.807) is 0 Å². The van der Waals surface area contributed by atoms with Gasteiger partial charge in [0.25, 0.3) is 0 Å². The third kappa shape index (κ3) is 2.07. The predicted octanol–water partition coefficient (Wildman–Crippen LogP) is 3.92. The van der Waals surface area contributed by atoms with E-state index >= 15 is 0 Å². The minimum atomic E-state index is 0.512. The predicted molar refractivity (Wildman–Crippen MR) is 76.6 cm³/mol. The van der Waals surface area contributed by atoms with Gasteiger partial charge in [-0.2, -0.15) is 5.10 Å². The van der Waals surface area contributed by atoms with Gasteiger partial charge in [-0.3, -0.25) is 9.48 Å². The molecule has 1 aromatic carbocycles. The van der Waals surface area contributed by atoms with E-state index in [2.05, 4.69) is 17.7 Å². The van der Waals surface area contributed by atoms with Crippen LogP contribution < -0.4 is 0 Å². The van der Waals surface area contributed by atoms with Crippen LogP contribution in [-0.4, -0.2) is 16.1 Å². The Balaban J connectivity index is 2.17. The molecule has 0 spiro atoms. The van der Waals surface area contributed by atoms with Crippen molar-refractivity contribution < 1.29 is 4.79 Å². The van der Waals surface area contributed by atoms with E-state index in [1.807, 2.05) is 12.1 Å². The van der Waals surface area contributed by atoms with Crippen molar-refractivity contribution in [3.63, 3.8) is 0 Å². The van der Waals surface area contributed by atoms with E-state index in [-0.39, 0.29) is 0 Å². The molecular formula is C16H20N2O. The molecule has 0 radical (unpaired) electrons. The van der Waals surface area contributed by atoms with Crippen molar-refractivity contribution in [3.8, 4) is 0 Å². The minimum Gasteiger partial charge on any atom is -0.298 e. The third-order valence-corrected chi connectivity index (χ3v) is 4.22. The summed E-state index contributed by atoms with van der Waals surface area (Å²) in [6.45, 7) is 2.11. The van der Waals surface area contributed by atoms with Gasteiger partial charge >= 0.3 is 0 Å². The van der Waals surface area contributed by atoms with Crippen molar-refractivity contribution in [2.75, 3.05) is 0 Å². The maximum atomic E-state index is 11.2. The summed E-state index contributed by atoms with van der Waals surface area (Å²) < 4.78 is 2.18. The fourth-order valence-corrected chi connectivity index (χ4v) is 3.25. The van der Waals surface area contributed by atoms with Crippen LogP contribution in [0, 0.1) is 0 Å². The first-order valence-electron chi connectivity index (χ1n) is 7.30. The second kappa shape index (κ2) is 5.16. The molecule has 0 bridgehead atoms. The Kier molecular flexibility index (Phi) is 3.36. The smallest absolute Gasteiger partial charge is 0.150 e. The number of aryl methyl sites for hydroxylation is 1. The monoisotopic (exact) mass is 256 g/mol. The lowest BCUT2D eigenvalue weighted by atomic mass is 9.95. The van der Waals surface area contributed by atoms with Gasteiger partial charge in [0.1, 0.15) is 0 Å². The van der Waals surface area contributed by atoms with Crippen LogP contribution in [-0.2, 0) is 6.42 Å². The fourth-order valence-electron chi connectivity index (χ4n) is 3.25. The molecule has 1 aliphatic carbocycles. The second-order valence-corrected chi connectivity index (χ2v) is 5.40. The standard InChI is InChI=1S/C16H20N2O/c1-2-14-16-12(11-19)7-6-10-15(16)18(17-14)13-8-4-3-5-9-13/h6-7,10-11,13H,2-5,8-9H2,1H3. The van der Waals surface area contributed by atoms with Crippen LogP contribution in [0.15, 0.2) is 18.2 Å². The highest BCUT2D eigenvalue weighted by atomic mass is 16.1. The van der Waals surface area contributed by atoms with E-state index in [0.29, 0.717) is 6.04 Å². The van der Waals surface area contributed by atoms with Crippen LogP contribution in [0.1, 0.15) is 61.1 Å². The molecule has 3 heteroatoms. The molecule has 0 atom stereocenters. The summed E-state index contributed by atoms with van der Waals surface area (Å²) in [6, 6.07) is 6.47. The lowest BCUT2D eigenvalue weighted by molar-refractivity contribution is 0.112. The average molecular weight is 256 g/mol. The largest absolute Gasteiger partial charge is 0.298 e. The Morgan fingerprint density at radius 1 is 1.32 bits per heavy atom. The van der Waals surface area contributed by atoms with Crippen LogP contribution in [0.4, 0.5) is 0 Å². The van der Waals surface area contributed by atoms with Gasteiger partial charge in [0.2, 0.25) is 0 Å². The number of hydrogen-bond donors (Lipinski definition) is 0. The summed E-state index contributed by atoms with van der Waals surface area (Å²) in [6.07, 6.45) is 8.18. The summed E-state index contributed by atoms with van der Waals surface area (Å²) >= 11 is 0. The van der Waals surface area contributed by atoms with Crippen LogP contribution in [0.3, 0.4) is 0 Å². The normalized spacial score (nSPS) is 16.9. The number of aldehydes is 1. The number of rotatable bonds is 3. The fraction of sp³-hybridized carbons (Fsp3) is 0.500. The van der Waals surface area contributed by atoms with Gasteiger partial charge in [0, 0.05) is 10.9 Å². The highest BCUT2D eigenvalue weighted by molar-refractivity contribution is 5.98. The molecule has 0 unspecified atom stereocenters. The Hall–Kier alpha value is -1.64. The third-order valence-electron chi connectivity index (χ3n) is 4.22. The molecule has 0 N–H and O–H groups in total. The second-order valence-electron chi connectivity index (χ2n) is 5.40. The maximum absolute atomic E-state index is 11.2. The molecule has 1 fully saturated rings. The van der Waals surface area contributed by atoms with Crippen molar-refractivity contribution >= 4 is 17.2 Å². The lowest BCUT2D eigenvalue weighted by Crippen LogP contribution is -2.14. The van der Waals surface area contributed by atoms with Gasteiger partial charge in [0.15, 0.2) is 6.29 Å². The summed E-state index contributed by atoms with van der Waals surface area (Å²) in [5, 5.41) is 5.86. The van der Waals surface area contributed by atoms with Crippen LogP contribution in [0.25, 0.3) is 10.9 Å². The van der Waals surface area contributed by atoms with E-state index < -0.39 is 0 Å². The Labute approximate surface area is 113 Å². The number of nitrogens with zero attached hydrogens (tertiary/aromatic N) is 2. The first-order chi connectivity index (χ1) is 9.35. The minimum absolute atomic E-state index is 0.512. The Morgan fingerprint density at radius 3 is 2.79 bits per heavy atom.